The van der Waals surface area contributed by atoms with E-state index < -0.39 is 11.1 Å². The zero-order valence-electron chi connectivity index (χ0n) is 14.5. The maximum Gasteiger partial charge on any atom is 0.250 e. The molecule has 0 aromatic heterocycles. The first-order valence-electron chi connectivity index (χ1n) is 8.61. The second-order valence-corrected chi connectivity index (χ2v) is 7.01. The highest BCUT2D eigenvalue weighted by atomic mass is 16.2. The van der Waals surface area contributed by atoms with E-state index in [0.717, 1.165) is 16.7 Å². The third-order valence-corrected chi connectivity index (χ3v) is 5.15. The van der Waals surface area contributed by atoms with Crippen LogP contribution in [-0.2, 0) is 10.3 Å². The number of amides is 1. The van der Waals surface area contributed by atoms with Crippen molar-refractivity contribution in [2.45, 2.75) is 24.9 Å². The minimum atomic E-state index is -0.621. The van der Waals surface area contributed by atoms with Gasteiger partial charge in [0, 0.05) is 0 Å². The van der Waals surface area contributed by atoms with Crippen LogP contribution in [-0.4, -0.2) is 16.3 Å². The van der Waals surface area contributed by atoms with Crippen molar-refractivity contribution in [1.82, 2.24) is 4.90 Å². The van der Waals surface area contributed by atoms with Gasteiger partial charge in [-0.25, -0.2) is 0 Å². The Kier molecular flexibility index (Phi) is 3.50. The van der Waals surface area contributed by atoms with Crippen molar-refractivity contribution in [3.8, 4) is 0 Å². The second-order valence-electron chi connectivity index (χ2n) is 7.01. The highest BCUT2D eigenvalue weighted by molar-refractivity contribution is 6.03. The normalized spacial score (nSPS) is 15.9. The molecule has 124 valence electrons. The Bertz CT molecular complexity index is 788. The fraction of sp³-hybridized carbons (Fsp3) is 0.174. The van der Waals surface area contributed by atoms with Gasteiger partial charge in [-0.2, -0.15) is 0 Å². The van der Waals surface area contributed by atoms with E-state index in [9.17, 15) is 4.79 Å². The molecule has 4 rings (SSSR count). The molecule has 0 spiro atoms. The van der Waals surface area contributed by atoms with E-state index in [1.165, 1.54) is 0 Å². The van der Waals surface area contributed by atoms with Crippen molar-refractivity contribution in [3.63, 3.8) is 0 Å². The molecule has 0 bridgehead atoms. The van der Waals surface area contributed by atoms with Crippen molar-refractivity contribution in [3.05, 3.63) is 108 Å². The number of carbonyl (C=O) groups excluding carboxylic acids is 1. The predicted octanol–water partition coefficient (Wildman–Crippen LogP) is 4.60. The molecular formula is C23H21NO. The summed E-state index contributed by atoms with van der Waals surface area (Å²) in [5.41, 5.74) is 2.20. The van der Waals surface area contributed by atoms with Crippen LogP contribution in [0.1, 0.15) is 30.5 Å². The lowest BCUT2D eigenvalue weighted by Gasteiger charge is -2.38. The van der Waals surface area contributed by atoms with E-state index in [-0.39, 0.29) is 5.91 Å². The van der Waals surface area contributed by atoms with Gasteiger partial charge in [-0.3, -0.25) is 4.79 Å². The molecule has 25 heavy (non-hydrogen) atoms. The smallest absolute Gasteiger partial charge is 0.250 e. The van der Waals surface area contributed by atoms with E-state index in [1.807, 2.05) is 73.3 Å². The van der Waals surface area contributed by atoms with Crippen LogP contribution < -0.4 is 0 Å². The van der Waals surface area contributed by atoms with Gasteiger partial charge in [0.2, 0.25) is 5.91 Å². The summed E-state index contributed by atoms with van der Waals surface area (Å²) in [6.45, 7) is 4.00. The van der Waals surface area contributed by atoms with Gasteiger partial charge in [-0.05, 0) is 30.5 Å². The maximum atomic E-state index is 12.8. The molecule has 3 aromatic rings. The number of benzene rings is 3. The Hall–Kier alpha value is -2.87. The molecule has 2 heteroatoms. The van der Waals surface area contributed by atoms with Crippen LogP contribution in [0.2, 0.25) is 0 Å². The maximum absolute atomic E-state index is 12.8. The number of nitrogens with zero attached hydrogens (tertiary/aromatic N) is 1. The van der Waals surface area contributed by atoms with Crippen LogP contribution in [0.25, 0.3) is 0 Å². The topological polar surface area (TPSA) is 20.1 Å². The van der Waals surface area contributed by atoms with Crippen LogP contribution in [0.5, 0.6) is 0 Å². The van der Waals surface area contributed by atoms with Crippen LogP contribution in [0.15, 0.2) is 91.0 Å². The molecule has 1 saturated heterocycles. The highest BCUT2D eigenvalue weighted by Gasteiger charge is 2.65. The van der Waals surface area contributed by atoms with Crippen molar-refractivity contribution < 1.29 is 4.79 Å². The van der Waals surface area contributed by atoms with E-state index >= 15 is 0 Å². The molecule has 0 saturated carbocycles. The molecule has 1 heterocycles. The zero-order valence-corrected chi connectivity index (χ0v) is 14.5. The Labute approximate surface area is 148 Å². The Morgan fingerprint density at radius 1 is 0.640 bits per heavy atom. The van der Waals surface area contributed by atoms with Crippen molar-refractivity contribution >= 4 is 5.91 Å². The molecular weight excluding hydrogens is 306 g/mol. The van der Waals surface area contributed by atoms with E-state index in [4.69, 9.17) is 0 Å². The molecule has 0 unspecified atom stereocenters. The van der Waals surface area contributed by atoms with Crippen molar-refractivity contribution in [2.75, 3.05) is 0 Å². The number of hydrogen-bond donors (Lipinski definition) is 0. The SMILES string of the molecule is CC1(C)C(=O)N1C(c1ccccc1)(c1ccccc1)c1ccccc1. The predicted molar refractivity (Wildman–Crippen MR) is 100 cm³/mol. The first-order valence-corrected chi connectivity index (χ1v) is 8.61. The van der Waals surface area contributed by atoms with Gasteiger partial charge in [0.25, 0.3) is 0 Å². The van der Waals surface area contributed by atoms with Crippen LogP contribution in [0.4, 0.5) is 0 Å². The molecule has 0 N–H and O–H groups in total. The lowest BCUT2D eigenvalue weighted by atomic mass is 9.76. The molecule has 1 amide bonds. The van der Waals surface area contributed by atoms with E-state index in [1.54, 1.807) is 0 Å². The number of hydrogen-bond acceptors (Lipinski definition) is 1. The molecule has 1 aliphatic heterocycles. The quantitative estimate of drug-likeness (QED) is 0.506. The molecule has 0 atom stereocenters. The third kappa shape index (κ3) is 2.21. The summed E-state index contributed by atoms with van der Waals surface area (Å²) in [5, 5.41) is 0. The van der Waals surface area contributed by atoms with Crippen LogP contribution >= 0.6 is 0 Å². The van der Waals surface area contributed by atoms with Gasteiger partial charge in [-0.1, -0.05) is 91.0 Å². The van der Waals surface area contributed by atoms with Crippen molar-refractivity contribution in [1.29, 1.82) is 0 Å². The van der Waals surface area contributed by atoms with Gasteiger partial charge >= 0.3 is 0 Å². The molecule has 0 radical (unpaired) electrons. The molecule has 2 nitrogen and oxygen atoms in total. The van der Waals surface area contributed by atoms with Gasteiger partial charge in [0.05, 0.1) is 0 Å². The summed E-state index contributed by atoms with van der Waals surface area (Å²) in [7, 11) is 0. The minimum absolute atomic E-state index is 0.170. The average Bonchev–Trinajstić information content (AvgIpc) is 3.17. The van der Waals surface area contributed by atoms with Gasteiger partial charge in [-0.15, -0.1) is 0 Å². The summed E-state index contributed by atoms with van der Waals surface area (Å²) < 4.78 is 0. The number of rotatable bonds is 4. The summed E-state index contributed by atoms with van der Waals surface area (Å²) in [6, 6.07) is 30.9. The summed E-state index contributed by atoms with van der Waals surface area (Å²) in [5.74, 6) is 0.170. The summed E-state index contributed by atoms with van der Waals surface area (Å²) >= 11 is 0. The lowest BCUT2D eigenvalue weighted by Crippen LogP contribution is -2.40. The lowest BCUT2D eigenvalue weighted by molar-refractivity contribution is -0.115. The Morgan fingerprint density at radius 3 is 1.16 bits per heavy atom. The molecule has 0 aliphatic carbocycles. The largest absolute Gasteiger partial charge is 0.308 e. The minimum Gasteiger partial charge on any atom is -0.308 e. The van der Waals surface area contributed by atoms with Crippen LogP contribution in [0, 0.1) is 0 Å². The van der Waals surface area contributed by atoms with Gasteiger partial charge in [0.15, 0.2) is 0 Å². The van der Waals surface area contributed by atoms with Gasteiger partial charge < -0.3 is 4.90 Å². The number of carbonyl (C=O) groups is 1. The first kappa shape index (κ1) is 15.6. The monoisotopic (exact) mass is 327 g/mol. The third-order valence-electron chi connectivity index (χ3n) is 5.15. The summed E-state index contributed by atoms with van der Waals surface area (Å²) in [6.07, 6.45) is 0. The van der Waals surface area contributed by atoms with Gasteiger partial charge in [0.1, 0.15) is 11.1 Å². The molecule has 1 aliphatic rings. The fourth-order valence-corrected chi connectivity index (χ4v) is 3.88. The summed E-state index contributed by atoms with van der Waals surface area (Å²) in [4.78, 5) is 14.8. The fourth-order valence-electron chi connectivity index (χ4n) is 3.88. The first-order chi connectivity index (χ1) is 12.1. The Morgan fingerprint density at radius 2 is 0.920 bits per heavy atom. The molecule has 1 fully saturated rings. The molecule has 3 aromatic carbocycles. The Balaban J connectivity index is 2.08. The zero-order chi connectivity index (χ0) is 17.5. The van der Waals surface area contributed by atoms with Crippen molar-refractivity contribution in [2.24, 2.45) is 0 Å². The van der Waals surface area contributed by atoms with Crippen LogP contribution in [0.3, 0.4) is 0 Å². The average molecular weight is 327 g/mol. The highest BCUT2D eigenvalue weighted by Crippen LogP contribution is 2.53. The van der Waals surface area contributed by atoms with E-state index in [2.05, 4.69) is 36.4 Å². The standard InChI is InChI=1S/C23H21NO/c1-22(2)21(25)24(22)23(18-12-6-3-7-13-18,19-14-8-4-9-15-19)20-16-10-5-11-17-20/h3-17H,1-2H3. The van der Waals surface area contributed by atoms with E-state index in [0.29, 0.717) is 0 Å². The second kappa shape index (κ2) is 5.59.